The van der Waals surface area contributed by atoms with Crippen LogP contribution in [0.4, 0.5) is 14.5 Å². The molecular formula is C16H11F2N. The van der Waals surface area contributed by atoms with Gasteiger partial charge in [0.05, 0.1) is 0 Å². The molecule has 0 aliphatic heterocycles. The molecule has 0 bridgehead atoms. The first-order chi connectivity index (χ1) is 9.16. The fourth-order valence-electron chi connectivity index (χ4n) is 2.25. The fourth-order valence-corrected chi connectivity index (χ4v) is 2.25. The summed E-state index contributed by atoms with van der Waals surface area (Å²) in [6, 6.07) is 14.5. The molecule has 3 aromatic rings. The zero-order chi connectivity index (χ0) is 13.4. The van der Waals surface area contributed by atoms with Gasteiger partial charge in [-0.25, -0.2) is 8.78 Å². The van der Waals surface area contributed by atoms with Crippen LogP contribution in [-0.2, 0) is 0 Å². The van der Waals surface area contributed by atoms with Crippen LogP contribution >= 0.6 is 0 Å². The minimum Gasteiger partial charge on any atom is -0.399 e. The molecule has 19 heavy (non-hydrogen) atoms. The van der Waals surface area contributed by atoms with Gasteiger partial charge >= 0.3 is 0 Å². The second-order valence-corrected chi connectivity index (χ2v) is 4.38. The van der Waals surface area contributed by atoms with Crippen molar-refractivity contribution in [1.29, 1.82) is 0 Å². The van der Waals surface area contributed by atoms with Crippen LogP contribution in [0.15, 0.2) is 54.6 Å². The molecule has 0 atom stereocenters. The van der Waals surface area contributed by atoms with Crippen LogP contribution in [-0.4, -0.2) is 0 Å². The molecule has 1 nitrogen and oxygen atoms in total. The van der Waals surface area contributed by atoms with Crippen molar-refractivity contribution in [3.8, 4) is 11.1 Å². The van der Waals surface area contributed by atoms with Crippen LogP contribution in [0.2, 0.25) is 0 Å². The van der Waals surface area contributed by atoms with Gasteiger partial charge in [0.2, 0.25) is 0 Å². The van der Waals surface area contributed by atoms with E-state index in [9.17, 15) is 8.78 Å². The van der Waals surface area contributed by atoms with E-state index in [0.717, 1.165) is 0 Å². The molecule has 3 heteroatoms. The molecule has 94 valence electrons. The maximum atomic E-state index is 14.0. The molecule has 0 aromatic heterocycles. The summed E-state index contributed by atoms with van der Waals surface area (Å²) in [5, 5.41) is 1.17. The van der Waals surface area contributed by atoms with Gasteiger partial charge in [-0.1, -0.05) is 30.3 Å². The van der Waals surface area contributed by atoms with E-state index < -0.39 is 5.82 Å². The molecule has 0 unspecified atom stereocenters. The molecule has 0 fully saturated rings. The number of halogens is 2. The minimum atomic E-state index is -0.406. The summed E-state index contributed by atoms with van der Waals surface area (Å²) in [6.07, 6.45) is 0. The van der Waals surface area contributed by atoms with Crippen molar-refractivity contribution in [2.75, 3.05) is 5.73 Å². The number of hydrogen-bond acceptors (Lipinski definition) is 1. The molecule has 0 aliphatic rings. The number of anilines is 1. The summed E-state index contributed by atoms with van der Waals surface area (Å²) < 4.78 is 27.7. The molecular weight excluding hydrogens is 244 g/mol. The van der Waals surface area contributed by atoms with Crippen molar-refractivity contribution in [1.82, 2.24) is 0 Å². The van der Waals surface area contributed by atoms with Gasteiger partial charge in [-0.2, -0.15) is 0 Å². The first kappa shape index (κ1) is 11.7. The highest BCUT2D eigenvalue weighted by Gasteiger charge is 2.11. The maximum Gasteiger partial charge on any atom is 0.133 e. The lowest BCUT2D eigenvalue weighted by Crippen LogP contribution is -1.91. The molecule has 0 aliphatic carbocycles. The van der Waals surface area contributed by atoms with Gasteiger partial charge in [0.25, 0.3) is 0 Å². The van der Waals surface area contributed by atoms with E-state index in [-0.39, 0.29) is 5.82 Å². The van der Waals surface area contributed by atoms with Crippen LogP contribution in [0.1, 0.15) is 0 Å². The van der Waals surface area contributed by atoms with Crippen molar-refractivity contribution in [3.05, 3.63) is 66.2 Å². The van der Waals surface area contributed by atoms with Gasteiger partial charge < -0.3 is 5.73 Å². The van der Waals surface area contributed by atoms with Gasteiger partial charge in [-0.3, -0.25) is 0 Å². The normalized spacial score (nSPS) is 10.8. The van der Waals surface area contributed by atoms with Crippen molar-refractivity contribution in [2.45, 2.75) is 0 Å². The van der Waals surface area contributed by atoms with E-state index in [0.29, 0.717) is 27.6 Å². The number of rotatable bonds is 1. The largest absolute Gasteiger partial charge is 0.399 e. The van der Waals surface area contributed by atoms with E-state index in [2.05, 4.69) is 0 Å². The highest BCUT2D eigenvalue weighted by Crippen LogP contribution is 2.32. The lowest BCUT2D eigenvalue weighted by atomic mass is 9.97. The average Bonchev–Trinajstić information content (AvgIpc) is 2.41. The quantitative estimate of drug-likeness (QED) is 0.642. The Bertz CT molecular complexity index is 766. The second kappa shape index (κ2) is 4.35. The summed E-state index contributed by atoms with van der Waals surface area (Å²) in [4.78, 5) is 0. The summed E-state index contributed by atoms with van der Waals surface area (Å²) in [5.74, 6) is -0.716. The number of fused-ring (bicyclic) bond motifs is 1. The molecule has 0 saturated heterocycles. The Hall–Kier alpha value is -2.42. The number of nitrogen functional groups attached to an aromatic ring is 1. The Morgan fingerprint density at radius 2 is 1.37 bits per heavy atom. The molecule has 0 amide bonds. The monoisotopic (exact) mass is 255 g/mol. The number of benzene rings is 3. The zero-order valence-electron chi connectivity index (χ0n) is 10.0. The standard InChI is InChI=1S/C16H11F2N/c17-15-8-7-12(11-3-1-2-4-13(11)15)14-6-5-10(19)9-16(14)18/h1-9H,19H2. The first-order valence-electron chi connectivity index (χ1n) is 5.89. The minimum absolute atomic E-state index is 0.310. The van der Waals surface area contributed by atoms with Gasteiger partial charge in [0.15, 0.2) is 0 Å². The third kappa shape index (κ3) is 1.93. The van der Waals surface area contributed by atoms with Crippen LogP contribution < -0.4 is 5.73 Å². The lowest BCUT2D eigenvalue weighted by Gasteiger charge is -2.09. The zero-order valence-corrected chi connectivity index (χ0v) is 10.0. The van der Waals surface area contributed by atoms with E-state index in [1.807, 2.05) is 0 Å². The van der Waals surface area contributed by atoms with Crippen LogP contribution in [0.25, 0.3) is 21.9 Å². The number of nitrogens with two attached hydrogens (primary N) is 1. The Balaban J connectivity index is 2.34. The molecule has 2 N–H and O–H groups in total. The number of hydrogen-bond donors (Lipinski definition) is 1. The van der Waals surface area contributed by atoms with Gasteiger partial charge in [0, 0.05) is 16.6 Å². The smallest absolute Gasteiger partial charge is 0.133 e. The van der Waals surface area contributed by atoms with Crippen molar-refractivity contribution in [3.63, 3.8) is 0 Å². The van der Waals surface area contributed by atoms with Crippen molar-refractivity contribution >= 4 is 16.5 Å². The molecule has 0 radical (unpaired) electrons. The predicted octanol–water partition coefficient (Wildman–Crippen LogP) is 4.37. The fraction of sp³-hybridized carbons (Fsp3) is 0. The van der Waals surface area contributed by atoms with Gasteiger partial charge in [0.1, 0.15) is 11.6 Å². The predicted molar refractivity (Wildman–Crippen MR) is 73.7 cm³/mol. The summed E-state index contributed by atoms with van der Waals surface area (Å²) in [5.41, 5.74) is 6.99. The summed E-state index contributed by atoms with van der Waals surface area (Å²) in [6.45, 7) is 0. The van der Waals surface area contributed by atoms with Crippen LogP contribution in [0.5, 0.6) is 0 Å². The Morgan fingerprint density at radius 3 is 2.11 bits per heavy atom. The van der Waals surface area contributed by atoms with Crippen LogP contribution in [0, 0.1) is 11.6 Å². The molecule has 0 heterocycles. The molecule has 3 aromatic carbocycles. The third-order valence-electron chi connectivity index (χ3n) is 3.15. The van der Waals surface area contributed by atoms with Gasteiger partial charge in [-0.05, 0) is 35.2 Å². The maximum absolute atomic E-state index is 14.0. The van der Waals surface area contributed by atoms with E-state index >= 15 is 0 Å². The van der Waals surface area contributed by atoms with Crippen LogP contribution in [0.3, 0.4) is 0 Å². The highest BCUT2D eigenvalue weighted by atomic mass is 19.1. The van der Waals surface area contributed by atoms with E-state index in [1.165, 1.54) is 12.1 Å². The van der Waals surface area contributed by atoms with E-state index in [1.54, 1.807) is 42.5 Å². The molecule has 3 rings (SSSR count). The Kier molecular flexibility index (Phi) is 2.67. The van der Waals surface area contributed by atoms with E-state index in [4.69, 9.17) is 5.73 Å². The van der Waals surface area contributed by atoms with Crippen molar-refractivity contribution < 1.29 is 8.78 Å². The lowest BCUT2D eigenvalue weighted by molar-refractivity contribution is 0.631. The van der Waals surface area contributed by atoms with Gasteiger partial charge in [-0.15, -0.1) is 0 Å². The SMILES string of the molecule is Nc1ccc(-c2ccc(F)c3ccccc23)c(F)c1. The van der Waals surface area contributed by atoms with Crippen molar-refractivity contribution in [2.24, 2.45) is 0 Å². The third-order valence-corrected chi connectivity index (χ3v) is 3.15. The second-order valence-electron chi connectivity index (χ2n) is 4.38. The summed E-state index contributed by atoms with van der Waals surface area (Å²) >= 11 is 0. The first-order valence-corrected chi connectivity index (χ1v) is 5.89. The average molecular weight is 255 g/mol. The Morgan fingerprint density at radius 1 is 0.684 bits per heavy atom. The molecule has 0 saturated carbocycles. The highest BCUT2D eigenvalue weighted by molar-refractivity contribution is 5.97. The molecule has 0 spiro atoms. The Labute approximate surface area is 109 Å². The topological polar surface area (TPSA) is 26.0 Å². The summed E-state index contributed by atoms with van der Waals surface area (Å²) in [7, 11) is 0.